The molecule has 0 aliphatic heterocycles. The van der Waals surface area contributed by atoms with Crippen LogP contribution in [0, 0.1) is 0 Å². The largest absolute Gasteiger partial charge is 0.490 e. The Morgan fingerprint density at radius 3 is 1.40 bits per heavy atom. The van der Waals surface area contributed by atoms with Crippen molar-refractivity contribution in [2.75, 3.05) is 39.4 Å². The van der Waals surface area contributed by atoms with E-state index in [1.54, 1.807) is 36.4 Å². The molecule has 0 aliphatic carbocycles. The van der Waals surface area contributed by atoms with Crippen LogP contribution >= 0.6 is 0 Å². The van der Waals surface area contributed by atoms with Gasteiger partial charge in [-0.2, -0.15) is 0 Å². The van der Waals surface area contributed by atoms with Crippen molar-refractivity contribution in [3.8, 4) is 34.1 Å². The summed E-state index contributed by atoms with van der Waals surface area (Å²) in [5.41, 5.74) is 1.91. The van der Waals surface area contributed by atoms with Crippen molar-refractivity contribution in [1.29, 1.82) is 0 Å². The van der Waals surface area contributed by atoms with Gasteiger partial charge in [-0.3, -0.25) is 9.59 Å². The zero-order valence-corrected chi connectivity index (χ0v) is 32.4. The second-order valence-corrected chi connectivity index (χ2v) is 13.5. The number of carbonyl (C=O) groups is 2. The number of rotatable bonds is 20. The van der Waals surface area contributed by atoms with Crippen LogP contribution in [-0.4, -0.2) is 63.5 Å². The van der Waals surface area contributed by atoms with Gasteiger partial charge in [0, 0.05) is 60.6 Å². The minimum Gasteiger partial charge on any atom is -0.490 e. The van der Waals surface area contributed by atoms with Crippen LogP contribution in [0.2, 0.25) is 0 Å². The molecule has 0 saturated heterocycles. The topological polar surface area (TPSA) is 156 Å². The lowest BCUT2D eigenvalue weighted by Gasteiger charge is -2.19. The molecule has 12 heteroatoms. The van der Waals surface area contributed by atoms with E-state index in [1.807, 2.05) is 74.5 Å². The van der Waals surface area contributed by atoms with Crippen molar-refractivity contribution in [3.63, 3.8) is 0 Å². The molecule has 0 bridgehead atoms. The Morgan fingerprint density at radius 2 is 1.00 bits per heavy atom. The average Bonchev–Trinajstić information content (AvgIpc) is 3.24. The van der Waals surface area contributed by atoms with Gasteiger partial charge in [-0.25, -0.2) is 9.59 Å². The van der Waals surface area contributed by atoms with E-state index in [9.17, 15) is 19.2 Å². The van der Waals surface area contributed by atoms with Crippen LogP contribution in [0.5, 0.6) is 11.5 Å². The standard InChI is InChI=1S/C46H46N2O10/c1-3-21-47-27-35(29-53-33-15-17-37-39(49)25-41(57-43(37)23-33)31-11-7-5-8-12-31)55-45(51)19-20-46(52)56-36(28-48-22-4-2)30-54-34-16-18-38-40(50)26-42(58-44(38)24-34)32-13-9-6-10-14-32/h5-20,23-26,35-36,47-48H,3-4,21-22,27-30H2,1-2H3/b20-19-. The molecule has 12 nitrogen and oxygen atoms in total. The molecule has 0 saturated carbocycles. The van der Waals surface area contributed by atoms with Gasteiger partial charge in [0.1, 0.15) is 59.6 Å². The first-order valence-electron chi connectivity index (χ1n) is 19.3. The summed E-state index contributed by atoms with van der Waals surface area (Å²) in [7, 11) is 0. The summed E-state index contributed by atoms with van der Waals surface area (Å²) in [6.45, 7) is 6.00. The number of carbonyl (C=O) groups excluding carboxylic acids is 2. The van der Waals surface area contributed by atoms with E-state index in [0.717, 1.165) is 36.1 Å². The summed E-state index contributed by atoms with van der Waals surface area (Å²) < 4.78 is 35.4. The van der Waals surface area contributed by atoms with Crippen molar-refractivity contribution in [2.45, 2.75) is 38.9 Å². The molecular formula is C46H46N2O10. The van der Waals surface area contributed by atoms with Crippen LogP contribution in [0.3, 0.4) is 0 Å². The van der Waals surface area contributed by atoms with E-state index in [2.05, 4.69) is 10.6 Å². The molecule has 2 unspecified atom stereocenters. The fourth-order valence-corrected chi connectivity index (χ4v) is 6.01. The monoisotopic (exact) mass is 786 g/mol. The third kappa shape index (κ3) is 11.5. The van der Waals surface area contributed by atoms with Crippen molar-refractivity contribution < 1.29 is 37.4 Å². The number of nitrogens with one attached hydrogen (secondary N) is 2. The number of benzene rings is 4. The molecule has 2 aromatic heterocycles. The molecule has 2 heterocycles. The summed E-state index contributed by atoms with van der Waals surface area (Å²) in [5.74, 6) is 0.200. The summed E-state index contributed by atoms with van der Waals surface area (Å²) in [6.07, 6.45) is 2.33. The van der Waals surface area contributed by atoms with E-state index in [1.165, 1.54) is 12.1 Å². The van der Waals surface area contributed by atoms with E-state index >= 15 is 0 Å². The molecule has 0 radical (unpaired) electrons. The zero-order valence-electron chi connectivity index (χ0n) is 32.4. The number of hydrogen-bond donors (Lipinski definition) is 2. The number of fused-ring (bicyclic) bond motifs is 2. The fourth-order valence-electron chi connectivity index (χ4n) is 6.01. The first-order chi connectivity index (χ1) is 28.3. The van der Waals surface area contributed by atoms with Gasteiger partial charge in [0.2, 0.25) is 0 Å². The number of ether oxygens (including phenoxy) is 4. The van der Waals surface area contributed by atoms with Crippen molar-refractivity contribution >= 4 is 33.9 Å². The third-order valence-corrected chi connectivity index (χ3v) is 8.91. The first kappa shape index (κ1) is 41.1. The lowest BCUT2D eigenvalue weighted by Crippen LogP contribution is -2.36. The minimum atomic E-state index is -0.759. The summed E-state index contributed by atoms with van der Waals surface area (Å²) >= 11 is 0. The Hall–Kier alpha value is -6.50. The Labute approximate surface area is 335 Å². The van der Waals surface area contributed by atoms with Gasteiger partial charge in [-0.15, -0.1) is 0 Å². The van der Waals surface area contributed by atoms with Crippen LogP contribution < -0.4 is 31.0 Å². The van der Waals surface area contributed by atoms with E-state index in [-0.39, 0.29) is 24.1 Å². The molecule has 6 aromatic rings. The predicted octanol–water partition coefficient (Wildman–Crippen LogP) is 7.07. The molecule has 300 valence electrons. The Morgan fingerprint density at radius 1 is 0.586 bits per heavy atom. The molecule has 4 aromatic carbocycles. The van der Waals surface area contributed by atoms with E-state index < -0.39 is 24.1 Å². The maximum atomic E-state index is 12.9. The minimum absolute atomic E-state index is 0.0108. The van der Waals surface area contributed by atoms with Gasteiger partial charge in [0.05, 0.1) is 10.8 Å². The second-order valence-electron chi connectivity index (χ2n) is 13.5. The van der Waals surface area contributed by atoms with Crippen LogP contribution in [0.4, 0.5) is 0 Å². The van der Waals surface area contributed by atoms with Gasteiger partial charge in [-0.1, -0.05) is 74.5 Å². The molecule has 0 spiro atoms. The molecule has 0 amide bonds. The highest BCUT2D eigenvalue weighted by Crippen LogP contribution is 2.26. The average molecular weight is 787 g/mol. The Kier molecular flexibility index (Phi) is 14.6. The SMILES string of the molecule is CCCNCC(COc1ccc2c(=O)cc(-c3ccccc3)oc2c1)OC(=O)/C=C\C(=O)OC(CNCCC)COc1ccc2c(=O)cc(-c3ccccc3)oc2c1. The molecule has 2 atom stereocenters. The second kappa shape index (κ2) is 20.6. The maximum absolute atomic E-state index is 12.9. The van der Waals surface area contributed by atoms with Crippen molar-refractivity contribution in [2.24, 2.45) is 0 Å². The highest BCUT2D eigenvalue weighted by molar-refractivity contribution is 5.91. The molecule has 0 fully saturated rings. The predicted molar refractivity (Wildman–Crippen MR) is 222 cm³/mol. The zero-order chi connectivity index (χ0) is 40.7. The van der Waals surface area contributed by atoms with Gasteiger partial charge < -0.3 is 38.4 Å². The summed E-state index contributed by atoms with van der Waals surface area (Å²) in [4.78, 5) is 51.5. The fraction of sp³-hybridized carbons (Fsp3) is 0.261. The lowest BCUT2D eigenvalue weighted by molar-refractivity contribution is -0.147. The Balaban J connectivity index is 1.06. The van der Waals surface area contributed by atoms with Crippen molar-refractivity contribution in [3.05, 3.63) is 142 Å². The normalized spacial score (nSPS) is 12.4. The van der Waals surface area contributed by atoms with E-state index in [0.29, 0.717) is 71.1 Å². The molecule has 2 N–H and O–H groups in total. The molecular weight excluding hydrogens is 741 g/mol. The van der Waals surface area contributed by atoms with Crippen LogP contribution in [0.25, 0.3) is 44.6 Å². The molecule has 6 rings (SSSR count). The molecule has 0 aliphatic rings. The Bertz CT molecular complexity index is 2270. The van der Waals surface area contributed by atoms with Crippen molar-refractivity contribution in [1.82, 2.24) is 10.6 Å². The highest BCUT2D eigenvalue weighted by atomic mass is 16.6. The van der Waals surface area contributed by atoms with Crippen LogP contribution in [0.15, 0.2) is 140 Å². The third-order valence-electron chi connectivity index (χ3n) is 8.91. The maximum Gasteiger partial charge on any atom is 0.331 e. The van der Waals surface area contributed by atoms with Gasteiger partial charge in [0.25, 0.3) is 0 Å². The van der Waals surface area contributed by atoms with E-state index in [4.69, 9.17) is 27.8 Å². The smallest absolute Gasteiger partial charge is 0.331 e. The number of hydrogen-bond acceptors (Lipinski definition) is 12. The van der Waals surface area contributed by atoms with Crippen LogP contribution in [-0.2, 0) is 19.1 Å². The summed E-state index contributed by atoms with van der Waals surface area (Å²) in [6, 6.07) is 31.4. The van der Waals surface area contributed by atoms with Crippen LogP contribution in [0.1, 0.15) is 26.7 Å². The lowest BCUT2D eigenvalue weighted by atomic mass is 10.1. The first-order valence-corrected chi connectivity index (χ1v) is 19.3. The van der Waals surface area contributed by atoms with Gasteiger partial charge in [0.15, 0.2) is 10.9 Å². The highest BCUT2D eigenvalue weighted by Gasteiger charge is 2.18. The number of esters is 2. The summed E-state index contributed by atoms with van der Waals surface area (Å²) in [5, 5.41) is 7.28. The quantitative estimate of drug-likeness (QED) is 0.0462. The molecule has 58 heavy (non-hydrogen) atoms. The van der Waals surface area contributed by atoms with Gasteiger partial charge in [-0.05, 0) is 50.2 Å². The van der Waals surface area contributed by atoms with Gasteiger partial charge >= 0.3 is 11.9 Å².